The molecule has 0 amide bonds. The summed E-state index contributed by atoms with van der Waals surface area (Å²) >= 11 is 5.73. The lowest BCUT2D eigenvalue weighted by molar-refractivity contribution is 0.824. The molecule has 1 heterocycles. The molecule has 0 bridgehead atoms. The van der Waals surface area contributed by atoms with Gasteiger partial charge in [-0.15, -0.1) is 0 Å². The maximum Gasteiger partial charge on any atom is 0.228 e. The molecule has 6 nitrogen and oxygen atoms in total. The number of rotatable bonds is 4. The molecule has 0 spiro atoms. The first kappa shape index (κ1) is 13.9. The first-order chi connectivity index (χ1) is 6.61. The van der Waals surface area contributed by atoms with Gasteiger partial charge in [-0.3, -0.25) is 0 Å². The molecule has 0 aliphatic heterocycles. The van der Waals surface area contributed by atoms with Crippen LogP contribution < -0.4 is 10.6 Å². The maximum atomic E-state index is 5.73. The Morgan fingerprint density at radius 3 is 2.33 bits per heavy atom. The van der Waals surface area contributed by atoms with Gasteiger partial charge in [0.25, 0.3) is 0 Å². The van der Waals surface area contributed by atoms with Crippen molar-refractivity contribution in [3.8, 4) is 0 Å². The fraction of sp³-hybridized carbons (Fsp3) is 0.625. The van der Waals surface area contributed by atoms with Gasteiger partial charge in [0.15, 0.2) is 0 Å². The third-order valence-corrected chi connectivity index (χ3v) is 1.53. The lowest BCUT2D eigenvalue weighted by Crippen LogP contribution is -2.14. The predicted molar refractivity (Wildman–Crippen MR) is 61.4 cm³/mol. The average molecular weight is 234 g/mol. The van der Waals surface area contributed by atoms with Gasteiger partial charge in [0, 0.05) is 12.6 Å². The summed E-state index contributed by atoms with van der Waals surface area (Å²) in [5.41, 5.74) is 0. The molecule has 4 N–H and O–H groups in total. The number of halogens is 1. The van der Waals surface area contributed by atoms with E-state index in [1.54, 1.807) is 0 Å². The van der Waals surface area contributed by atoms with Crippen LogP contribution in [0.5, 0.6) is 0 Å². The van der Waals surface area contributed by atoms with Crippen molar-refractivity contribution in [2.24, 2.45) is 0 Å². The maximum absolute atomic E-state index is 5.73. The quantitative estimate of drug-likeness (QED) is 0.808. The molecule has 15 heavy (non-hydrogen) atoms. The van der Waals surface area contributed by atoms with E-state index in [0.717, 1.165) is 6.54 Å². The molecule has 0 atom stereocenters. The second-order valence-corrected chi connectivity index (χ2v) is 3.42. The summed E-state index contributed by atoms with van der Waals surface area (Å²) in [6.07, 6.45) is 0. The van der Waals surface area contributed by atoms with Crippen LogP contribution in [0.25, 0.3) is 0 Å². The Kier molecular flexibility index (Phi) is 5.88. The van der Waals surface area contributed by atoms with Crippen LogP contribution in [0.4, 0.5) is 11.9 Å². The monoisotopic (exact) mass is 233 g/mol. The molecular formula is C8H16ClN5O. The van der Waals surface area contributed by atoms with Crippen LogP contribution in [0.15, 0.2) is 0 Å². The predicted octanol–water partition coefficient (Wildman–Crippen LogP) is 0.952. The van der Waals surface area contributed by atoms with E-state index in [4.69, 9.17) is 11.6 Å². The average Bonchev–Trinajstić information content (AvgIpc) is 2.01. The molecule has 0 saturated carbocycles. The van der Waals surface area contributed by atoms with Crippen LogP contribution in [0.1, 0.15) is 20.8 Å². The zero-order valence-corrected chi connectivity index (χ0v) is 9.76. The molecule has 1 aromatic rings. The van der Waals surface area contributed by atoms with Crippen LogP contribution in [0.2, 0.25) is 5.28 Å². The Hall–Kier alpha value is -1.14. The molecule has 0 aliphatic carbocycles. The summed E-state index contributed by atoms with van der Waals surface area (Å²) < 4.78 is 0. The van der Waals surface area contributed by atoms with Gasteiger partial charge in [0.1, 0.15) is 0 Å². The smallest absolute Gasteiger partial charge is 0.228 e. The largest absolute Gasteiger partial charge is 0.412 e. The highest BCUT2D eigenvalue weighted by Crippen LogP contribution is 2.09. The zero-order chi connectivity index (χ0) is 10.6. The highest BCUT2D eigenvalue weighted by molar-refractivity contribution is 6.28. The Labute approximate surface area is 93.8 Å². The number of nitrogens with one attached hydrogen (secondary N) is 2. The second-order valence-electron chi connectivity index (χ2n) is 3.08. The van der Waals surface area contributed by atoms with Gasteiger partial charge in [0.2, 0.25) is 17.2 Å². The van der Waals surface area contributed by atoms with Crippen molar-refractivity contribution in [3.63, 3.8) is 0 Å². The molecule has 86 valence electrons. The molecule has 0 fully saturated rings. The first-order valence-electron chi connectivity index (χ1n) is 4.53. The summed E-state index contributed by atoms with van der Waals surface area (Å²) in [6, 6.07) is 0.267. The number of nitrogens with zero attached hydrogens (tertiary/aromatic N) is 3. The first-order valence-corrected chi connectivity index (χ1v) is 4.91. The fourth-order valence-electron chi connectivity index (χ4n) is 0.910. The summed E-state index contributed by atoms with van der Waals surface area (Å²) in [7, 11) is 0. The highest BCUT2D eigenvalue weighted by Gasteiger charge is 2.04. The minimum Gasteiger partial charge on any atom is -0.412 e. The summed E-state index contributed by atoms with van der Waals surface area (Å²) in [4.78, 5) is 12.0. The van der Waals surface area contributed by atoms with Crippen molar-refractivity contribution >= 4 is 23.5 Å². The fourth-order valence-corrected chi connectivity index (χ4v) is 1.07. The lowest BCUT2D eigenvalue weighted by atomic mass is 10.4. The Morgan fingerprint density at radius 2 is 1.80 bits per heavy atom. The Morgan fingerprint density at radius 1 is 1.20 bits per heavy atom. The summed E-state index contributed by atoms with van der Waals surface area (Å²) in [5.74, 6) is 0.992. The molecule has 0 unspecified atom stereocenters. The number of hydrogen-bond acceptors (Lipinski definition) is 5. The van der Waals surface area contributed by atoms with Crippen LogP contribution in [0, 0.1) is 0 Å². The van der Waals surface area contributed by atoms with E-state index in [9.17, 15) is 0 Å². The van der Waals surface area contributed by atoms with Gasteiger partial charge in [-0.25, -0.2) is 0 Å². The van der Waals surface area contributed by atoms with E-state index in [-0.39, 0.29) is 16.8 Å². The van der Waals surface area contributed by atoms with E-state index in [0.29, 0.717) is 11.9 Å². The molecule has 1 aromatic heterocycles. The number of anilines is 2. The minimum atomic E-state index is 0. The van der Waals surface area contributed by atoms with Crippen molar-refractivity contribution in [1.29, 1.82) is 0 Å². The van der Waals surface area contributed by atoms with E-state index < -0.39 is 0 Å². The van der Waals surface area contributed by atoms with Crippen LogP contribution in [-0.4, -0.2) is 33.0 Å². The number of hydrogen-bond donors (Lipinski definition) is 2. The van der Waals surface area contributed by atoms with Crippen molar-refractivity contribution in [3.05, 3.63) is 5.28 Å². The van der Waals surface area contributed by atoms with Gasteiger partial charge < -0.3 is 16.1 Å². The standard InChI is InChI=1S/C8H14ClN5.H2O/c1-4-10-7-12-6(9)13-8(14-7)11-5(2)3;/h5H,4H2,1-3H3,(H2,10,11,12,13,14);1H2. The molecule has 7 heteroatoms. The van der Waals surface area contributed by atoms with Crippen LogP contribution >= 0.6 is 11.6 Å². The summed E-state index contributed by atoms with van der Waals surface area (Å²) in [5, 5.41) is 6.23. The SMILES string of the molecule is CCNc1nc(Cl)nc(NC(C)C)n1.O. The Balaban J connectivity index is 0.00000196. The third-order valence-electron chi connectivity index (χ3n) is 1.36. The normalized spacial score (nSPS) is 9.67. The third kappa shape index (κ3) is 4.75. The summed E-state index contributed by atoms with van der Waals surface area (Å²) in [6.45, 7) is 6.73. The van der Waals surface area contributed by atoms with Gasteiger partial charge in [-0.05, 0) is 32.4 Å². The van der Waals surface area contributed by atoms with E-state index in [1.165, 1.54) is 0 Å². The minimum absolute atomic E-state index is 0. The molecular weight excluding hydrogens is 218 g/mol. The topological polar surface area (TPSA) is 94.2 Å². The van der Waals surface area contributed by atoms with Crippen molar-refractivity contribution in [1.82, 2.24) is 15.0 Å². The van der Waals surface area contributed by atoms with E-state index in [2.05, 4.69) is 25.6 Å². The van der Waals surface area contributed by atoms with Gasteiger partial charge in [-0.2, -0.15) is 15.0 Å². The van der Waals surface area contributed by atoms with Gasteiger partial charge in [0.05, 0.1) is 0 Å². The Bertz CT molecular complexity index is 307. The van der Waals surface area contributed by atoms with Crippen LogP contribution in [-0.2, 0) is 0 Å². The van der Waals surface area contributed by atoms with E-state index in [1.807, 2.05) is 20.8 Å². The van der Waals surface area contributed by atoms with Gasteiger partial charge in [-0.1, -0.05) is 0 Å². The van der Waals surface area contributed by atoms with Crippen molar-refractivity contribution in [2.75, 3.05) is 17.2 Å². The molecule has 0 aromatic carbocycles. The molecule has 1 rings (SSSR count). The second kappa shape index (κ2) is 6.36. The molecule has 0 saturated heterocycles. The van der Waals surface area contributed by atoms with Crippen molar-refractivity contribution < 1.29 is 5.48 Å². The number of aromatic nitrogens is 3. The zero-order valence-electron chi connectivity index (χ0n) is 9.00. The van der Waals surface area contributed by atoms with Crippen LogP contribution in [0.3, 0.4) is 0 Å². The molecule has 0 aliphatic rings. The van der Waals surface area contributed by atoms with Gasteiger partial charge >= 0.3 is 0 Å². The molecule has 0 radical (unpaired) electrons. The highest BCUT2D eigenvalue weighted by atomic mass is 35.5. The lowest BCUT2D eigenvalue weighted by Gasteiger charge is -2.09. The van der Waals surface area contributed by atoms with Crippen molar-refractivity contribution in [2.45, 2.75) is 26.8 Å². The van der Waals surface area contributed by atoms with E-state index >= 15 is 0 Å².